The van der Waals surface area contributed by atoms with Gasteiger partial charge in [-0.1, -0.05) is 13.0 Å². The van der Waals surface area contributed by atoms with Gasteiger partial charge in [0.25, 0.3) is 0 Å². The van der Waals surface area contributed by atoms with E-state index in [1.165, 1.54) is 0 Å². The fraction of sp³-hybridized carbons (Fsp3) is 0.692. The number of carbonyl (C=O) groups excluding carboxylic acids is 1. The third-order valence-corrected chi connectivity index (χ3v) is 3.00. The van der Waals surface area contributed by atoms with Gasteiger partial charge in [-0.15, -0.1) is 6.58 Å². The molecule has 0 bridgehead atoms. The van der Waals surface area contributed by atoms with Crippen molar-refractivity contribution in [2.24, 2.45) is 0 Å². The second-order valence-corrected chi connectivity index (χ2v) is 4.54. The van der Waals surface area contributed by atoms with Crippen molar-refractivity contribution in [2.45, 2.75) is 25.8 Å². The van der Waals surface area contributed by atoms with E-state index in [-0.39, 0.29) is 25.1 Å². The van der Waals surface area contributed by atoms with Crippen LogP contribution in [0.1, 0.15) is 19.8 Å². The van der Waals surface area contributed by atoms with Crippen LogP contribution in [0.5, 0.6) is 0 Å². The molecule has 1 rings (SSSR count). The van der Waals surface area contributed by atoms with Crippen molar-refractivity contribution >= 4 is 12.0 Å². The lowest BCUT2D eigenvalue weighted by atomic mass is 10.1. The quantitative estimate of drug-likeness (QED) is 0.736. The first-order chi connectivity index (χ1) is 9.10. The van der Waals surface area contributed by atoms with Gasteiger partial charge in [0.05, 0.1) is 25.7 Å². The number of ether oxygens (including phenoxy) is 1. The molecule has 0 aromatic heterocycles. The molecule has 2 amide bonds. The second-order valence-electron chi connectivity index (χ2n) is 4.54. The number of morpholine rings is 1. The van der Waals surface area contributed by atoms with Crippen LogP contribution >= 0.6 is 0 Å². The summed E-state index contributed by atoms with van der Waals surface area (Å²) in [4.78, 5) is 26.6. The zero-order valence-corrected chi connectivity index (χ0v) is 11.4. The van der Waals surface area contributed by atoms with Crippen LogP contribution in [0.2, 0.25) is 0 Å². The topological polar surface area (TPSA) is 70.1 Å². The van der Waals surface area contributed by atoms with Crippen molar-refractivity contribution in [1.82, 2.24) is 9.80 Å². The Kier molecular flexibility index (Phi) is 6.35. The van der Waals surface area contributed by atoms with Gasteiger partial charge in [0.2, 0.25) is 0 Å². The molecular formula is C13H22N2O4. The van der Waals surface area contributed by atoms with E-state index >= 15 is 0 Å². The maximum atomic E-state index is 12.4. The number of hydrogen-bond donors (Lipinski definition) is 1. The molecule has 19 heavy (non-hydrogen) atoms. The van der Waals surface area contributed by atoms with E-state index in [0.29, 0.717) is 26.2 Å². The van der Waals surface area contributed by atoms with Gasteiger partial charge in [-0.05, 0) is 6.42 Å². The molecular weight excluding hydrogens is 248 g/mol. The third kappa shape index (κ3) is 4.55. The van der Waals surface area contributed by atoms with Gasteiger partial charge in [-0.2, -0.15) is 0 Å². The van der Waals surface area contributed by atoms with Crippen molar-refractivity contribution in [3.8, 4) is 0 Å². The average molecular weight is 270 g/mol. The number of carboxylic acids is 1. The molecule has 1 aliphatic rings. The Morgan fingerprint density at radius 3 is 2.89 bits per heavy atom. The predicted octanol–water partition coefficient (Wildman–Crippen LogP) is 1.18. The largest absolute Gasteiger partial charge is 0.481 e. The normalized spacial score (nSPS) is 19.0. The fourth-order valence-electron chi connectivity index (χ4n) is 2.15. The van der Waals surface area contributed by atoms with Crippen LogP contribution in [0.4, 0.5) is 4.79 Å². The summed E-state index contributed by atoms with van der Waals surface area (Å²) in [6.07, 6.45) is 2.45. The van der Waals surface area contributed by atoms with Crippen molar-refractivity contribution in [2.75, 3.05) is 32.8 Å². The number of hydrogen-bond acceptors (Lipinski definition) is 3. The Hall–Kier alpha value is -1.56. The molecule has 6 nitrogen and oxygen atoms in total. The molecule has 0 saturated carbocycles. The molecule has 1 saturated heterocycles. The molecule has 1 unspecified atom stereocenters. The summed E-state index contributed by atoms with van der Waals surface area (Å²) in [5, 5.41) is 8.89. The monoisotopic (exact) mass is 270 g/mol. The number of carbonyl (C=O) groups is 2. The van der Waals surface area contributed by atoms with E-state index < -0.39 is 5.97 Å². The highest BCUT2D eigenvalue weighted by molar-refractivity contribution is 5.76. The first kappa shape index (κ1) is 15.5. The van der Waals surface area contributed by atoms with Crippen LogP contribution in [-0.2, 0) is 9.53 Å². The molecule has 1 heterocycles. The minimum Gasteiger partial charge on any atom is -0.481 e. The van der Waals surface area contributed by atoms with Crippen LogP contribution in [0.3, 0.4) is 0 Å². The molecule has 6 heteroatoms. The molecule has 1 aliphatic heterocycles. The standard InChI is InChI=1S/C13H22N2O4/c1-3-5-14(6-4-2)13(18)15-7-8-19-10-11(15)9-12(16)17/h3,11H,1,4-10H2,2H3,(H,16,17). The van der Waals surface area contributed by atoms with E-state index in [1.54, 1.807) is 15.9 Å². The summed E-state index contributed by atoms with van der Waals surface area (Å²) >= 11 is 0. The van der Waals surface area contributed by atoms with Crippen molar-refractivity contribution in [3.63, 3.8) is 0 Å². The van der Waals surface area contributed by atoms with Crippen molar-refractivity contribution in [1.29, 1.82) is 0 Å². The van der Waals surface area contributed by atoms with Crippen LogP contribution in [0.25, 0.3) is 0 Å². The van der Waals surface area contributed by atoms with Crippen LogP contribution < -0.4 is 0 Å². The summed E-state index contributed by atoms with van der Waals surface area (Å²) in [6.45, 7) is 7.94. The highest BCUT2D eigenvalue weighted by atomic mass is 16.5. The maximum absolute atomic E-state index is 12.4. The highest BCUT2D eigenvalue weighted by Gasteiger charge is 2.31. The van der Waals surface area contributed by atoms with Crippen LogP contribution in [-0.4, -0.2) is 65.8 Å². The Labute approximate surface area is 113 Å². The molecule has 0 aromatic rings. The van der Waals surface area contributed by atoms with Gasteiger partial charge < -0.3 is 19.6 Å². The number of amides is 2. The predicted molar refractivity (Wildman–Crippen MR) is 71.0 cm³/mol. The summed E-state index contributed by atoms with van der Waals surface area (Å²) in [5.74, 6) is -0.918. The smallest absolute Gasteiger partial charge is 0.320 e. The summed E-state index contributed by atoms with van der Waals surface area (Å²) < 4.78 is 5.27. The van der Waals surface area contributed by atoms with E-state index in [4.69, 9.17) is 9.84 Å². The fourth-order valence-corrected chi connectivity index (χ4v) is 2.15. The van der Waals surface area contributed by atoms with Gasteiger partial charge in [0, 0.05) is 19.6 Å². The van der Waals surface area contributed by atoms with Crippen LogP contribution in [0, 0.1) is 0 Å². The number of aliphatic carboxylic acids is 1. The SMILES string of the molecule is C=CCN(CCC)C(=O)N1CCOCC1CC(=O)O. The third-order valence-electron chi connectivity index (χ3n) is 3.00. The molecule has 0 aromatic carbocycles. The molecule has 0 radical (unpaired) electrons. The lowest BCUT2D eigenvalue weighted by Crippen LogP contribution is -2.54. The molecule has 108 valence electrons. The van der Waals surface area contributed by atoms with Gasteiger partial charge in [-0.25, -0.2) is 4.79 Å². The number of nitrogens with zero attached hydrogens (tertiary/aromatic N) is 2. The first-order valence-corrected chi connectivity index (χ1v) is 6.56. The van der Waals surface area contributed by atoms with Gasteiger partial charge >= 0.3 is 12.0 Å². The van der Waals surface area contributed by atoms with E-state index in [1.807, 2.05) is 6.92 Å². The van der Waals surface area contributed by atoms with Gasteiger partial charge in [-0.3, -0.25) is 4.79 Å². The lowest BCUT2D eigenvalue weighted by Gasteiger charge is -2.38. The van der Waals surface area contributed by atoms with Gasteiger partial charge in [0.1, 0.15) is 0 Å². The number of urea groups is 1. The highest BCUT2D eigenvalue weighted by Crippen LogP contribution is 2.14. The number of carboxylic acid groups (broad SMARTS) is 1. The second kappa shape index (κ2) is 7.78. The van der Waals surface area contributed by atoms with Crippen molar-refractivity contribution < 1.29 is 19.4 Å². The minimum atomic E-state index is -0.918. The lowest BCUT2D eigenvalue weighted by molar-refractivity contribution is -0.139. The minimum absolute atomic E-state index is 0.0835. The zero-order chi connectivity index (χ0) is 14.3. The Bertz CT molecular complexity index is 333. The van der Waals surface area contributed by atoms with Crippen molar-refractivity contribution in [3.05, 3.63) is 12.7 Å². The van der Waals surface area contributed by atoms with E-state index in [0.717, 1.165) is 6.42 Å². The summed E-state index contributed by atoms with van der Waals surface area (Å²) in [5.41, 5.74) is 0. The molecule has 0 spiro atoms. The van der Waals surface area contributed by atoms with Crippen LogP contribution in [0.15, 0.2) is 12.7 Å². The Morgan fingerprint density at radius 2 is 2.32 bits per heavy atom. The summed E-state index contributed by atoms with van der Waals surface area (Å²) in [7, 11) is 0. The van der Waals surface area contributed by atoms with Gasteiger partial charge in [0.15, 0.2) is 0 Å². The first-order valence-electron chi connectivity index (χ1n) is 6.56. The summed E-state index contributed by atoms with van der Waals surface area (Å²) in [6, 6.07) is -0.515. The molecule has 1 N–H and O–H groups in total. The Morgan fingerprint density at radius 1 is 1.58 bits per heavy atom. The molecule has 0 aliphatic carbocycles. The molecule has 1 fully saturated rings. The molecule has 1 atom stereocenters. The zero-order valence-electron chi connectivity index (χ0n) is 11.4. The maximum Gasteiger partial charge on any atom is 0.320 e. The van der Waals surface area contributed by atoms with E-state index in [9.17, 15) is 9.59 Å². The van der Waals surface area contributed by atoms with E-state index in [2.05, 4.69) is 6.58 Å². The average Bonchev–Trinajstić information content (AvgIpc) is 2.38. The Balaban J connectivity index is 2.73. The number of rotatable bonds is 6.